The minimum atomic E-state index is -0.514. The molecule has 1 aromatic heterocycles. The molecule has 0 saturated carbocycles. The lowest BCUT2D eigenvalue weighted by molar-refractivity contribution is -0.384. The number of rotatable bonds is 9. The van der Waals surface area contributed by atoms with Crippen LogP contribution in [0.15, 0.2) is 48.5 Å². The third-order valence-electron chi connectivity index (χ3n) is 4.34. The van der Waals surface area contributed by atoms with Crippen molar-refractivity contribution in [2.45, 2.75) is 33.7 Å². The fourth-order valence-electron chi connectivity index (χ4n) is 2.98. The highest BCUT2D eigenvalue weighted by molar-refractivity contribution is 5.91. The summed E-state index contributed by atoms with van der Waals surface area (Å²) in [5, 5.41) is 11.5. The first-order chi connectivity index (χ1) is 13.8. The number of carbonyl (C=O) groups is 1. The smallest absolute Gasteiger partial charge is 0.330 e. The Morgan fingerprint density at radius 2 is 1.97 bits per heavy atom. The van der Waals surface area contributed by atoms with Gasteiger partial charge >= 0.3 is 5.97 Å². The Kier molecular flexibility index (Phi) is 7.88. The lowest BCUT2D eigenvalue weighted by Crippen LogP contribution is -2.28. The molecule has 2 rings (SSSR count). The van der Waals surface area contributed by atoms with Crippen molar-refractivity contribution in [1.29, 1.82) is 0 Å². The van der Waals surface area contributed by atoms with E-state index >= 15 is 0 Å². The predicted molar refractivity (Wildman–Crippen MR) is 114 cm³/mol. The van der Waals surface area contributed by atoms with Crippen LogP contribution in [0.25, 0.3) is 5.57 Å². The van der Waals surface area contributed by atoms with E-state index in [1.54, 1.807) is 0 Å². The van der Waals surface area contributed by atoms with Gasteiger partial charge in [0.25, 0.3) is 5.69 Å². The van der Waals surface area contributed by atoms with Crippen molar-refractivity contribution < 1.29 is 14.5 Å². The number of pyridine rings is 1. The van der Waals surface area contributed by atoms with E-state index in [9.17, 15) is 14.9 Å². The minimum Gasteiger partial charge on any atom is -0.466 e. The van der Waals surface area contributed by atoms with E-state index in [0.717, 1.165) is 5.56 Å². The van der Waals surface area contributed by atoms with Crippen LogP contribution in [-0.2, 0) is 16.1 Å². The molecule has 1 heterocycles. The summed E-state index contributed by atoms with van der Waals surface area (Å²) in [4.78, 5) is 29.5. The monoisotopic (exact) mass is 397 g/mol. The third kappa shape index (κ3) is 6.41. The number of aromatic nitrogens is 1. The fourth-order valence-corrected chi connectivity index (χ4v) is 2.98. The molecule has 1 aromatic carbocycles. The van der Waals surface area contributed by atoms with Crippen LogP contribution >= 0.6 is 0 Å². The number of nitrogens with zero attached hydrogens (tertiary/aromatic N) is 3. The molecule has 0 aliphatic carbocycles. The van der Waals surface area contributed by atoms with Crippen LogP contribution in [0.2, 0.25) is 0 Å². The van der Waals surface area contributed by atoms with E-state index in [1.165, 1.54) is 25.3 Å². The van der Waals surface area contributed by atoms with Gasteiger partial charge in [-0.3, -0.25) is 10.1 Å². The summed E-state index contributed by atoms with van der Waals surface area (Å²) in [6.45, 7) is 7.31. The summed E-state index contributed by atoms with van der Waals surface area (Å²) in [5.41, 5.74) is 2.02. The molecule has 0 spiro atoms. The van der Waals surface area contributed by atoms with Crippen LogP contribution in [0.4, 0.5) is 11.5 Å². The van der Waals surface area contributed by atoms with Gasteiger partial charge < -0.3 is 9.64 Å². The first-order valence-electron chi connectivity index (χ1n) is 9.58. The van der Waals surface area contributed by atoms with Gasteiger partial charge in [0, 0.05) is 25.2 Å². The Hall–Kier alpha value is -3.22. The van der Waals surface area contributed by atoms with Gasteiger partial charge in [0.2, 0.25) is 0 Å². The fraction of sp³-hybridized carbons (Fsp3) is 0.364. The number of esters is 1. The molecule has 0 saturated heterocycles. The first-order valence-corrected chi connectivity index (χ1v) is 9.58. The van der Waals surface area contributed by atoms with Gasteiger partial charge in [0.1, 0.15) is 5.82 Å². The number of carbonyl (C=O) groups excluding carboxylic acids is 1. The summed E-state index contributed by atoms with van der Waals surface area (Å²) in [6.07, 6.45) is 1.82. The largest absolute Gasteiger partial charge is 0.466 e. The maximum atomic E-state index is 11.7. The van der Waals surface area contributed by atoms with Crippen molar-refractivity contribution in [3.8, 4) is 0 Å². The molecule has 0 aliphatic rings. The molecule has 154 valence electrons. The summed E-state index contributed by atoms with van der Waals surface area (Å²) in [6, 6.07) is 12.8. The lowest BCUT2D eigenvalue weighted by Gasteiger charge is -2.26. The molecule has 0 atom stereocenters. The molecule has 0 amide bonds. The third-order valence-corrected chi connectivity index (χ3v) is 4.34. The number of anilines is 1. The van der Waals surface area contributed by atoms with Gasteiger partial charge in [0.15, 0.2) is 0 Å². The van der Waals surface area contributed by atoms with E-state index < -0.39 is 10.9 Å². The molecule has 7 heteroatoms. The quantitative estimate of drug-likeness (QED) is 0.266. The second kappa shape index (κ2) is 10.4. The zero-order valence-electron chi connectivity index (χ0n) is 17.3. The highest BCUT2D eigenvalue weighted by Gasteiger charge is 2.19. The van der Waals surface area contributed by atoms with E-state index in [1.807, 2.05) is 42.2 Å². The van der Waals surface area contributed by atoms with Crippen molar-refractivity contribution in [2.24, 2.45) is 5.92 Å². The summed E-state index contributed by atoms with van der Waals surface area (Å²) in [5.74, 6) is 0.329. The Morgan fingerprint density at radius 3 is 2.52 bits per heavy atom. The summed E-state index contributed by atoms with van der Waals surface area (Å²) in [7, 11) is 1.29. The molecule has 7 nitrogen and oxygen atoms in total. The van der Waals surface area contributed by atoms with Gasteiger partial charge in [-0.2, -0.15) is 0 Å². The molecular formula is C22H27N3O4. The Labute approximate surface area is 171 Å². The average Bonchev–Trinajstić information content (AvgIpc) is 2.71. The molecule has 0 bridgehead atoms. The molecule has 2 aromatic rings. The lowest BCUT2D eigenvalue weighted by atomic mass is 10.1. The van der Waals surface area contributed by atoms with E-state index in [2.05, 4.69) is 18.8 Å². The normalized spacial score (nSPS) is 11.4. The van der Waals surface area contributed by atoms with E-state index in [0.29, 0.717) is 42.5 Å². The summed E-state index contributed by atoms with van der Waals surface area (Å²) >= 11 is 0. The first kappa shape index (κ1) is 22.1. The molecule has 0 fully saturated rings. The van der Waals surface area contributed by atoms with Gasteiger partial charge in [-0.1, -0.05) is 51.1 Å². The molecule has 0 N–H and O–H groups in total. The minimum absolute atomic E-state index is 0.0592. The Balaban J connectivity index is 2.54. The van der Waals surface area contributed by atoms with Crippen molar-refractivity contribution in [3.05, 3.63) is 69.9 Å². The van der Waals surface area contributed by atoms with Crippen LogP contribution in [-0.4, -0.2) is 29.5 Å². The molecule has 29 heavy (non-hydrogen) atoms. The second-order valence-corrected chi connectivity index (χ2v) is 7.13. The summed E-state index contributed by atoms with van der Waals surface area (Å²) < 4.78 is 4.70. The number of methoxy groups -OCH3 is 1. The van der Waals surface area contributed by atoms with Gasteiger partial charge in [-0.05, 0) is 23.5 Å². The number of hydrogen-bond donors (Lipinski definition) is 0. The number of ether oxygens (including phenoxy) is 1. The zero-order chi connectivity index (χ0) is 21.4. The van der Waals surface area contributed by atoms with E-state index in [-0.39, 0.29) is 5.69 Å². The van der Waals surface area contributed by atoms with Crippen LogP contribution in [0.5, 0.6) is 0 Å². The van der Waals surface area contributed by atoms with Crippen molar-refractivity contribution in [1.82, 2.24) is 4.98 Å². The van der Waals surface area contributed by atoms with Crippen LogP contribution < -0.4 is 4.90 Å². The number of allylic oxidation sites excluding steroid dienone is 1. The predicted octanol–water partition coefficient (Wildman–Crippen LogP) is 4.62. The molecule has 0 aliphatic heterocycles. The SMILES string of the molecule is CC/C(=C\C(=O)OC)c1cc([N+](=O)[O-])cc(N(Cc2ccccc2)CC(C)C)n1. The molecule has 0 radical (unpaired) electrons. The average molecular weight is 397 g/mol. The highest BCUT2D eigenvalue weighted by Crippen LogP contribution is 2.27. The number of hydrogen-bond acceptors (Lipinski definition) is 6. The van der Waals surface area contributed by atoms with Crippen molar-refractivity contribution in [2.75, 3.05) is 18.6 Å². The Morgan fingerprint density at radius 1 is 1.28 bits per heavy atom. The topological polar surface area (TPSA) is 85.6 Å². The Bertz CT molecular complexity index is 879. The van der Waals surface area contributed by atoms with Gasteiger partial charge in [0.05, 0.1) is 23.8 Å². The van der Waals surface area contributed by atoms with Crippen LogP contribution in [0, 0.1) is 16.0 Å². The van der Waals surface area contributed by atoms with Crippen LogP contribution in [0.3, 0.4) is 0 Å². The van der Waals surface area contributed by atoms with Gasteiger partial charge in [-0.25, -0.2) is 9.78 Å². The number of nitro groups is 1. The standard InChI is InChI=1S/C22H27N3O4/c1-5-18(11-22(26)29-4)20-12-19(25(27)28)13-21(23-20)24(14-16(2)3)15-17-9-7-6-8-10-17/h6-13,16H,5,14-15H2,1-4H3/b18-11+. The second-order valence-electron chi connectivity index (χ2n) is 7.13. The van der Waals surface area contributed by atoms with Crippen molar-refractivity contribution >= 4 is 23.0 Å². The van der Waals surface area contributed by atoms with Crippen LogP contribution in [0.1, 0.15) is 38.4 Å². The highest BCUT2D eigenvalue weighted by atomic mass is 16.6. The van der Waals surface area contributed by atoms with Crippen molar-refractivity contribution in [3.63, 3.8) is 0 Å². The van der Waals surface area contributed by atoms with Gasteiger partial charge in [-0.15, -0.1) is 0 Å². The zero-order valence-corrected chi connectivity index (χ0v) is 17.3. The number of benzene rings is 1. The maximum Gasteiger partial charge on any atom is 0.330 e. The molecular weight excluding hydrogens is 370 g/mol. The van der Waals surface area contributed by atoms with E-state index in [4.69, 9.17) is 4.74 Å². The molecule has 0 unspecified atom stereocenters. The maximum absolute atomic E-state index is 11.7.